The van der Waals surface area contributed by atoms with Gasteiger partial charge in [0.15, 0.2) is 0 Å². The third-order valence-electron chi connectivity index (χ3n) is 5.49. The van der Waals surface area contributed by atoms with Gasteiger partial charge in [-0.2, -0.15) is 4.31 Å². The Morgan fingerprint density at radius 1 is 1.25 bits per heavy atom. The van der Waals surface area contributed by atoms with E-state index in [4.69, 9.17) is 0 Å². The van der Waals surface area contributed by atoms with Crippen LogP contribution in [0.1, 0.15) is 35.7 Å². The molecule has 3 aliphatic rings. The van der Waals surface area contributed by atoms with Crippen LogP contribution >= 0.6 is 0 Å². The number of hydrogen-bond donors (Lipinski definition) is 1. The molecule has 7 heteroatoms. The van der Waals surface area contributed by atoms with Crippen molar-refractivity contribution in [3.8, 4) is 0 Å². The van der Waals surface area contributed by atoms with Crippen LogP contribution in [0.2, 0.25) is 0 Å². The maximum atomic E-state index is 13.2. The van der Waals surface area contributed by atoms with E-state index in [-0.39, 0.29) is 16.8 Å². The van der Waals surface area contributed by atoms with E-state index in [0.717, 1.165) is 37.9 Å². The first kappa shape index (κ1) is 16.1. The van der Waals surface area contributed by atoms with Crippen molar-refractivity contribution in [1.29, 1.82) is 0 Å². The highest BCUT2D eigenvalue weighted by Crippen LogP contribution is 2.30. The summed E-state index contributed by atoms with van der Waals surface area (Å²) in [4.78, 5) is 14.7. The van der Waals surface area contributed by atoms with Crippen LogP contribution in [0.5, 0.6) is 0 Å². The molecule has 2 unspecified atom stereocenters. The van der Waals surface area contributed by atoms with E-state index in [9.17, 15) is 13.2 Å². The first-order valence-corrected chi connectivity index (χ1v) is 10.1. The van der Waals surface area contributed by atoms with Crippen molar-refractivity contribution in [1.82, 2.24) is 14.5 Å². The van der Waals surface area contributed by atoms with E-state index >= 15 is 0 Å². The van der Waals surface area contributed by atoms with Gasteiger partial charge < -0.3 is 5.32 Å². The van der Waals surface area contributed by atoms with Crippen molar-refractivity contribution in [2.45, 2.75) is 43.2 Å². The van der Waals surface area contributed by atoms with Crippen LogP contribution in [-0.4, -0.2) is 61.8 Å². The second-order valence-electron chi connectivity index (χ2n) is 7.04. The van der Waals surface area contributed by atoms with Crippen molar-refractivity contribution >= 4 is 15.9 Å². The van der Waals surface area contributed by atoms with Gasteiger partial charge in [-0.1, -0.05) is 6.07 Å². The third-order valence-corrected chi connectivity index (χ3v) is 7.47. The third kappa shape index (κ3) is 2.55. The monoisotopic (exact) mass is 349 g/mol. The van der Waals surface area contributed by atoms with E-state index in [1.54, 1.807) is 22.5 Å². The van der Waals surface area contributed by atoms with Crippen LogP contribution in [0.3, 0.4) is 0 Å². The molecule has 24 heavy (non-hydrogen) atoms. The van der Waals surface area contributed by atoms with Gasteiger partial charge in [-0.25, -0.2) is 8.42 Å². The number of sulfonamides is 1. The lowest BCUT2D eigenvalue weighted by molar-refractivity contribution is 0.0945. The van der Waals surface area contributed by atoms with Gasteiger partial charge in [-0.3, -0.25) is 9.69 Å². The lowest BCUT2D eigenvalue weighted by Gasteiger charge is -2.41. The highest BCUT2D eigenvalue weighted by atomic mass is 32.2. The average Bonchev–Trinajstić information content (AvgIpc) is 3.01. The highest BCUT2D eigenvalue weighted by Gasteiger charge is 2.40. The van der Waals surface area contributed by atoms with Crippen LogP contribution < -0.4 is 5.32 Å². The number of rotatable bonds is 2. The molecule has 130 valence electrons. The highest BCUT2D eigenvalue weighted by molar-refractivity contribution is 7.89. The molecule has 4 rings (SSSR count). The normalized spacial score (nSPS) is 28.3. The molecule has 0 spiro atoms. The van der Waals surface area contributed by atoms with Gasteiger partial charge in [-0.15, -0.1) is 0 Å². The molecule has 2 atom stereocenters. The van der Waals surface area contributed by atoms with Crippen LogP contribution in [0.15, 0.2) is 23.1 Å². The van der Waals surface area contributed by atoms with Crippen LogP contribution in [0.4, 0.5) is 0 Å². The molecule has 1 aromatic carbocycles. The largest absolute Gasteiger partial charge is 0.352 e. The maximum absolute atomic E-state index is 13.2. The van der Waals surface area contributed by atoms with E-state index in [0.29, 0.717) is 24.7 Å². The van der Waals surface area contributed by atoms with Crippen LogP contribution in [0, 0.1) is 0 Å². The number of nitrogens with zero attached hydrogens (tertiary/aromatic N) is 2. The summed E-state index contributed by atoms with van der Waals surface area (Å²) in [6, 6.07) is 5.27. The minimum Gasteiger partial charge on any atom is -0.352 e. The zero-order chi connectivity index (χ0) is 16.9. The quantitative estimate of drug-likeness (QED) is 0.859. The molecule has 0 saturated carbocycles. The standard InChI is InChI=1S/C17H23N3O3S/c1-12-10-19-8-2-3-14(19)11-20(12)24(22,23)15-5-4-13-6-7-18-17(21)16(13)9-15/h4-5,9,12,14H,2-3,6-8,10-11H2,1H3,(H,18,21). The van der Waals surface area contributed by atoms with Gasteiger partial charge in [0.2, 0.25) is 10.0 Å². The first-order chi connectivity index (χ1) is 11.5. The van der Waals surface area contributed by atoms with Crippen molar-refractivity contribution in [2.24, 2.45) is 0 Å². The molecule has 6 nitrogen and oxygen atoms in total. The Morgan fingerprint density at radius 3 is 2.92 bits per heavy atom. The summed E-state index contributed by atoms with van der Waals surface area (Å²) in [5.74, 6) is -0.179. The second-order valence-corrected chi connectivity index (χ2v) is 8.93. The summed E-state index contributed by atoms with van der Waals surface area (Å²) in [5, 5.41) is 2.78. The molecular formula is C17H23N3O3S. The molecule has 2 fully saturated rings. The zero-order valence-electron chi connectivity index (χ0n) is 13.9. The van der Waals surface area contributed by atoms with Crippen molar-refractivity contribution in [3.05, 3.63) is 29.3 Å². The van der Waals surface area contributed by atoms with E-state index in [2.05, 4.69) is 10.2 Å². The summed E-state index contributed by atoms with van der Waals surface area (Å²) in [6.45, 7) is 4.99. The van der Waals surface area contributed by atoms with Crippen LogP contribution in [0.25, 0.3) is 0 Å². The topological polar surface area (TPSA) is 69.7 Å². The molecule has 3 aliphatic heterocycles. The predicted octanol–water partition coefficient (Wildman–Crippen LogP) is 0.830. The number of benzene rings is 1. The Hall–Kier alpha value is -1.44. The van der Waals surface area contributed by atoms with Gasteiger partial charge in [0, 0.05) is 37.3 Å². The number of piperazine rings is 1. The molecule has 1 amide bonds. The molecule has 3 heterocycles. The van der Waals surface area contributed by atoms with E-state index in [1.165, 1.54) is 0 Å². The van der Waals surface area contributed by atoms with Gasteiger partial charge in [-0.05, 0) is 50.4 Å². The van der Waals surface area contributed by atoms with Crippen molar-refractivity contribution in [2.75, 3.05) is 26.2 Å². The summed E-state index contributed by atoms with van der Waals surface area (Å²) >= 11 is 0. The van der Waals surface area contributed by atoms with E-state index in [1.807, 2.05) is 6.92 Å². The number of fused-ring (bicyclic) bond motifs is 2. The fourth-order valence-corrected chi connectivity index (χ4v) is 5.87. The summed E-state index contributed by atoms with van der Waals surface area (Å²) in [7, 11) is -3.58. The lowest BCUT2D eigenvalue weighted by Crippen LogP contribution is -2.56. The minimum absolute atomic E-state index is 0.0470. The average molecular weight is 349 g/mol. The SMILES string of the molecule is CC1CN2CCCC2CN1S(=O)(=O)c1ccc2c(c1)C(=O)NCC2. The fourth-order valence-electron chi connectivity index (χ4n) is 4.18. The van der Waals surface area contributed by atoms with E-state index < -0.39 is 10.0 Å². The Balaban J connectivity index is 1.67. The van der Waals surface area contributed by atoms with Crippen molar-refractivity contribution in [3.63, 3.8) is 0 Å². The Labute approximate surface area is 142 Å². The smallest absolute Gasteiger partial charge is 0.251 e. The number of hydrogen-bond acceptors (Lipinski definition) is 4. The summed E-state index contributed by atoms with van der Waals surface area (Å²) in [6.07, 6.45) is 2.95. The van der Waals surface area contributed by atoms with Gasteiger partial charge in [0.25, 0.3) is 5.91 Å². The first-order valence-electron chi connectivity index (χ1n) is 8.64. The molecule has 0 aliphatic carbocycles. The molecule has 0 aromatic heterocycles. The van der Waals surface area contributed by atoms with Gasteiger partial charge in [0.1, 0.15) is 0 Å². The Morgan fingerprint density at radius 2 is 2.08 bits per heavy atom. The molecule has 0 bridgehead atoms. The molecule has 2 saturated heterocycles. The Bertz CT molecular complexity index is 777. The zero-order valence-corrected chi connectivity index (χ0v) is 14.7. The van der Waals surface area contributed by atoms with Crippen molar-refractivity contribution < 1.29 is 13.2 Å². The lowest BCUT2D eigenvalue weighted by atomic mass is 10.0. The number of nitrogens with one attached hydrogen (secondary N) is 1. The predicted molar refractivity (Wildman–Crippen MR) is 90.4 cm³/mol. The molecule has 1 aromatic rings. The molecule has 0 radical (unpaired) electrons. The van der Waals surface area contributed by atoms with Crippen LogP contribution in [-0.2, 0) is 16.4 Å². The summed E-state index contributed by atoms with van der Waals surface area (Å²) in [5.41, 5.74) is 1.42. The molecular weight excluding hydrogens is 326 g/mol. The number of carbonyl (C=O) groups excluding carboxylic acids is 1. The number of carbonyl (C=O) groups is 1. The summed E-state index contributed by atoms with van der Waals surface area (Å²) < 4.78 is 27.9. The minimum atomic E-state index is -3.58. The van der Waals surface area contributed by atoms with Gasteiger partial charge in [0.05, 0.1) is 4.90 Å². The second kappa shape index (κ2) is 5.82. The maximum Gasteiger partial charge on any atom is 0.251 e. The van der Waals surface area contributed by atoms with Gasteiger partial charge >= 0.3 is 0 Å². The Kier molecular flexibility index (Phi) is 3.89. The molecule has 1 N–H and O–H groups in total. The fraction of sp³-hybridized carbons (Fsp3) is 0.588. The number of amides is 1.